The summed E-state index contributed by atoms with van der Waals surface area (Å²) in [6.07, 6.45) is -3.41. The van der Waals surface area contributed by atoms with Crippen molar-refractivity contribution in [2.45, 2.75) is 25.9 Å². The number of methoxy groups -OCH3 is 1. The smallest absolute Gasteiger partial charge is 0.490 e. The molecule has 1 aromatic carbocycles. The van der Waals surface area contributed by atoms with Crippen LogP contribution in [0.5, 0.6) is 11.6 Å². The highest BCUT2D eigenvalue weighted by atomic mass is 19.4. The summed E-state index contributed by atoms with van der Waals surface area (Å²) in [5.41, 5.74) is 2.19. The van der Waals surface area contributed by atoms with Crippen molar-refractivity contribution < 1.29 is 37.3 Å². The Morgan fingerprint density at radius 3 is 2.56 bits per heavy atom. The second-order valence-electron chi connectivity index (χ2n) is 6.92. The third-order valence-electron chi connectivity index (χ3n) is 4.68. The van der Waals surface area contributed by atoms with Crippen LogP contribution in [-0.2, 0) is 24.5 Å². The standard InChI is InChI=1S/C19H19N5O3.C2HF3O2/c1-26-15-6-4-5-14(11-15)19(25)23-9-10-24-17(12-23)16(21-22-24)13-27-18-7-2-3-8-20-18;3-2(4,5)1(6)7/h2-8,11H,9-10,12-13H2,1H3;(H,6,7). The average Bonchev–Trinajstić information content (AvgIpc) is 3.25. The van der Waals surface area contributed by atoms with E-state index in [4.69, 9.17) is 19.4 Å². The molecule has 0 radical (unpaired) electrons. The molecule has 0 spiro atoms. The molecule has 1 aliphatic heterocycles. The molecule has 0 saturated carbocycles. The van der Waals surface area contributed by atoms with Crippen molar-refractivity contribution in [2.75, 3.05) is 13.7 Å². The van der Waals surface area contributed by atoms with Crippen LogP contribution in [-0.4, -0.2) is 61.7 Å². The van der Waals surface area contributed by atoms with Gasteiger partial charge in [0.15, 0.2) is 0 Å². The van der Waals surface area contributed by atoms with E-state index in [1.807, 2.05) is 28.9 Å². The zero-order chi connectivity index (χ0) is 24.7. The van der Waals surface area contributed by atoms with Crippen molar-refractivity contribution in [3.8, 4) is 11.6 Å². The summed E-state index contributed by atoms with van der Waals surface area (Å²) in [5, 5.41) is 15.5. The van der Waals surface area contributed by atoms with Crippen LogP contribution in [0.1, 0.15) is 21.7 Å². The number of carbonyl (C=O) groups is 2. The molecule has 34 heavy (non-hydrogen) atoms. The zero-order valence-corrected chi connectivity index (χ0v) is 17.9. The van der Waals surface area contributed by atoms with Gasteiger partial charge in [-0.05, 0) is 24.3 Å². The summed E-state index contributed by atoms with van der Waals surface area (Å²) < 4.78 is 44.5. The van der Waals surface area contributed by atoms with E-state index in [0.717, 1.165) is 5.69 Å². The van der Waals surface area contributed by atoms with Gasteiger partial charge in [0.1, 0.15) is 18.1 Å². The Bertz CT molecular complexity index is 1140. The van der Waals surface area contributed by atoms with Gasteiger partial charge in [0, 0.05) is 24.4 Å². The third kappa shape index (κ3) is 6.21. The number of nitrogens with zero attached hydrogens (tertiary/aromatic N) is 5. The minimum atomic E-state index is -5.08. The highest BCUT2D eigenvalue weighted by molar-refractivity contribution is 5.94. The van der Waals surface area contributed by atoms with Crippen molar-refractivity contribution in [1.29, 1.82) is 0 Å². The molecule has 0 atom stereocenters. The Morgan fingerprint density at radius 2 is 1.91 bits per heavy atom. The zero-order valence-electron chi connectivity index (χ0n) is 17.9. The molecule has 2 aromatic heterocycles. The Labute approximate surface area is 191 Å². The summed E-state index contributed by atoms with van der Waals surface area (Å²) in [4.78, 5) is 27.7. The molecule has 1 amide bonds. The fourth-order valence-electron chi connectivity index (χ4n) is 3.00. The highest BCUT2D eigenvalue weighted by Crippen LogP contribution is 2.20. The molecule has 3 heterocycles. The van der Waals surface area contributed by atoms with Crippen LogP contribution in [0.25, 0.3) is 0 Å². The van der Waals surface area contributed by atoms with E-state index in [0.29, 0.717) is 42.5 Å². The first-order chi connectivity index (χ1) is 16.2. The van der Waals surface area contributed by atoms with Crippen molar-refractivity contribution in [3.05, 3.63) is 65.6 Å². The van der Waals surface area contributed by atoms with Gasteiger partial charge in [-0.15, -0.1) is 5.10 Å². The van der Waals surface area contributed by atoms with Gasteiger partial charge < -0.3 is 19.5 Å². The quantitative estimate of drug-likeness (QED) is 0.593. The molecule has 0 unspecified atom stereocenters. The summed E-state index contributed by atoms with van der Waals surface area (Å²) >= 11 is 0. The monoisotopic (exact) mass is 479 g/mol. The molecule has 1 aliphatic rings. The number of hydrogen-bond donors (Lipinski definition) is 1. The molecule has 4 rings (SSSR count). The molecule has 180 valence electrons. The normalized spacial score (nSPS) is 12.8. The van der Waals surface area contributed by atoms with E-state index in [9.17, 15) is 18.0 Å². The number of rotatable bonds is 5. The van der Waals surface area contributed by atoms with E-state index in [-0.39, 0.29) is 12.5 Å². The highest BCUT2D eigenvalue weighted by Gasteiger charge is 2.38. The molecular formula is C21H20F3N5O5. The molecule has 0 fully saturated rings. The number of ether oxygens (including phenoxy) is 2. The molecule has 13 heteroatoms. The molecule has 10 nitrogen and oxygen atoms in total. The second kappa shape index (κ2) is 10.6. The van der Waals surface area contributed by atoms with Crippen molar-refractivity contribution in [2.24, 2.45) is 0 Å². The van der Waals surface area contributed by atoms with Crippen LogP contribution in [0.15, 0.2) is 48.7 Å². The lowest BCUT2D eigenvalue weighted by atomic mass is 10.1. The van der Waals surface area contributed by atoms with Gasteiger partial charge in [-0.25, -0.2) is 14.5 Å². The number of benzene rings is 1. The van der Waals surface area contributed by atoms with E-state index < -0.39 is 12.1 Å². The van der Waals surface area contributed by atoms with Gasteiger partial charge in [0.05, 0.1) is 25.9 Å². The van der Waals surface area contributed by atoms with Crippen molar-refractivity contribution in [3.63, 3.8) is 0 Å². The number of halogens is 3. The number of fused-ring (bicyclic) bond motifs is 1. The molecule has 3 aromatic rings. The summed E-state index contributed by atoms with van der Waals surface area (Å²) in [6.45, 7) is 1.87. The van der Waals surface area contributed by atoms with Crippen LogP contribution in [0.2, 0.25) is 0 Å². The van der Waals surface area contributed by atoms with Crippen molar-refractivity contribution in [1.82, 2.24) is 24.9 Å². The summed E-state index contributed by atoms with van der Waals surface area (Å²) in [5.74, 6) is -1.61. The number of hydrogen-bond acceptors (Lipinski definition) is 7. The lowest BCUT2D eigenvalue weighted by Crippen LogP contribution is -2.38. The van der Waals surface area contributed by atoms with E-state index >= 15 is 0 Å². The minimum Gasteiger partial charge on any atom is -0.497 e. The van der Waals surface area contributed by atoms with E-state index in [1.165, 1.54) is 0 Å². The molecule has 0 saturated heterocycles. The Hall–Kier alpha value is -4.16. The van der Waals surface area contributed by atoms with Crippen LogP contribution in [0.3, 0.4) is 0 Å². The van der Waals surface area contributed by atoms with Crippen molar-refractivity contribution >= 4 is 11.9 Å². The number of carboxylic acids is 1. The first-order valence-electron chi connectivity index (χ1n) is 9.87. The minimum absolute atomic E-state index is 0.0436. The lowest BCUT2D eigenvalue weighted by molar-refractivity contribution is -0.192. The van der Waals surface area contributed by atoms with E-state index in [1.54, 1.807) is 36.4 Å². The fraction of sp³-hybridized carbons (Fsp3) is 0.286. The van der Waals surface area contributed by atoms with Crippen LogP contribution < -0.4 is 9.47 Å². The Balaban J connectivity index is 0.000000406. The third-order valence-corrected chi connectivity index (χ3v) is 4.68. The Kier molecular flexibility index (Phi) is 7.66. The molecule has 0 bridgehead atoms. The summed E-state index contributed by atoms with van der Waals surface area (Å²) in [6, 6.07) is 12.6. The van der Waals surface area contributed by atoms with Gasteiger partial charge in [0.2, 0.25) is 5.88 Å². The molecule has 0 aliphatic carbocycles. The van der Waals surface area contributed by atoms with Gasteiger partial charge in [-0.2, -0.15) is 13.2 Å². The first kappa shape index (κ1) is 24.5. The first-order valence-corrected chi connectivity index (χ1v) is 9.87. The lowest BCUT2D eigenvalue weighted by Gasteiger charge is -2.28. The predicted octanol–water partition coefficient (Wildman–Crippen LogP) is 2.55. The largest absolute Gasteiger partial charge is 0.497 e. The maximum Gasteiger partial charge on any atom is 0.490 e. The second-order valence-corrected chi connectivity index (χ2v) is 6.92. The average molecular weight is 479 g/mol. The number of carbonyl (C=O) groups excluding carboxylic acids is 1. The fourth-order valence-corrected chi connectivity index (χ4v) is 3.00. The van der Waals surface area contributed by atoms with Gasteiger partial charge in [0.25, 0.3) is 5.91 Å². The summed E-state index contributed by atoms with van der Waals surface area (Å²) in [7, 11) is 1.59. The predicted molar refractivity (Wildman–Crippen MR) is 110 cm³/mol. The number of aliphatic carboxylic acids is 1. The topological polar surface area (TPSA) is 120 Å². The maximum absolute atomic E-state index is 12.9. The van der Waals surface area contributed by atoms with Gasteiger partial charge in [-0.3, -0.25) is 4.79 Å². The van der Waals surface area contributed by atoms with Gasteiger partial charge in [-0.1, -0.05) is 17.3 Å². The van der Waals surface area contributed by atoms with Crippen LogP contribution in [0.4, 0.5) is 13.2 Å². The SMILES string of the molecule is COc1cccc(C(=O)N2CCn3nnc(COc4ccccn4)c3C2)c1.O=C(O)C(F)(F)F. The number of alkyl halides is 3. The maximum atomic E-state index is 12.9. The van der Waals surface area contributed by atoms with Gasteiger partial charge >= 0.3 is 12.1 Å². The van der Waals surface area contributed by atoms with Crippen LogP contribution in [0, 0.1) is 0 Å². The number of pyridine rings is 1. The molecule has 1 N–H and O–H groups in total. The molecular weight excluding hydrogens is 459 g/mol. The van der Waals surface area contributed by atoms with E-state index in [2.05, 4.69) is 15.3 Å². The number of amides is 1. The number of carboxylic acid groups (broad SMARTS) is 1. The Morgan fingerprint density at radius 1 is 1.15 bits per heavy atom. The number of aromatic nitrogens is 4. The van der Waals surface area contributed by atoms with Crippen LogP contribution >= 0.6 is 0 Å².